The molecule has 0 bridgehead atoms. The van der Waals surface area contributed by atoms with Gasteiger partial charge in [0.2, 0.25) is 0 Å². The maximum Gasteiger partial charge on any atom is 0.136 e. The van der Waals surface area contributed by atoms with E-state index in [0.29, 0.717) is 10.9 Å². The van der Waals surface area contributed by atoms with E-state index >= 15 is 0 Å². The molecule has 1 aliphatic heterocycles. The third-order valence-corrected chi connectivity index (χ3v) is 3.89. The highest BCUT2D eigenvalue weighted by Gasteiger charge is 2.18. The van der Waals surface area contributed by atoms with E-state index < -0.39 is 0 Å². The Bertz CT molecular complexity index is 461. The molecule has 1 aromatic rings. The largest absolute Gasteiger partial charge is 0.389 e. The molecule has 0 amide bonds. The molecule has 0 saturated carbocycles. The molecule has 104 valence electrons. The molecule has 0 aromatic carbocycles. The number of nitrogens with zero attached hydrogens (tertiary/aromatic N) is 2. The predicted molar refractivity (Wildman–Crippen MR) is 83.6 cm³/mol. The average molecular weight is 278 g/mol. The smallest absolute Gasteiger partial charge is 0.136 e. The van der Waals surface area contributed by atoms with Gasteiger partial charge in [-0.1, -0.05) is 12.2 Å². The Labute approximate surface area is 120 Å². The number of aryl methyl sites for hydroxylation is 1. The van der Waals surface area contributed by atoms with Gasteiger partial charge in [0.05, 0.1) is 5.56 Å². The lowest BCUT2D eigenvalue weighted by Gasteiger charge is -2.30. The Balaban J connectivity index is 2.03. The van der Waals surface area contributed by atoms with E-state index in [2.05, 4.69) is 22.2 Å². The lowest BCUT2D eigenvalue weighted by Crippen LogP contribution is -2.35. The molecule has 19 heavy (non-hydrogen) atoms. The number of hydrogen-bond donors (Lipinski definition) is 2. The molecule has 1 atom stereocenters. The molecule has 1 fully saturated rings. The molecule has 2 heterocycles. The van der Waals surface area contributed by atoms with Crippen LogP contribution in [0.1, 0.15) is 24.0 Å². The van der Waals surface area contributed by atoms with Crippen molar-refractivity contribution in [2.75, 3.05) is 32.0 Å². The number of rotatable bonds is 4. The number of pyridine rings is 1. The van der Waals surface area contributed by atoms with E-state index in [1.807, 2.05) is 13.0 Å². The van der Waals surface area contributed by atoms with Gasteiger partial charge in [-0.15, -0.1) is 0 Å². The van der Waals surface area contributed by atoms with E-state index in [1.165, 1.54) is 19.4 Å². The fourth-order valence-corrected chi connectivity index (χ4v) is 2.94. The topological polar surface area (TPSA) is 54.2 Å². The summed E-state index contributed by atoms with van der Waals surface area (Å²) in [5.41, 5.74) is 7.74. The molecular formula is C14H22N4S. The van der Waals surface area contributed by atoms with Gasteiger partial charge in [-0.05, 0) is 50.9 Å². The second-order valence-corrected chi connectivity index (χ2v) is 5.81. The fourth-order valence-electron chi connectivity index (χ4n) is 2.68. The minimum Gasteiger partial charge on any atom is -0.389 e. The van der Waals surface area contributed by atoms with Crippen LogP contribution in [0.15, 0.2) is 12.3 Å². The number of nitrogens with one attached hydrogen (secondary N) is 1. The van der Waals surface area contributed by atoms with Crippen molar-refractivity contribution in [3.8, 4) is 0 Å². The molecule has 0 aliphatic carbocycles. The number of aromatic nitrogens is 1. The van der Waals surface area contributed by atoms with Gasteiger partial charge in [0, 0.05) is 19.3 Å². The number of hydrogen-bond acceptors (Lipinski definition) is 4. The van der Waals surface area contributed by atoms with Crippen LogP contribution in [0.5, 0.6) is 0 Å². The second kappa shape index (κ2) is 6.30. The van der Waals surface area contributed by atoms with Crippen molar-refractivity contribution in [3.63, 3.8) is 0 Å². The quantitative estimate of drug-likeness (QED) is 0.822. The molecule has 2 rings (SSSR count). The van der Waals surface area contributed by atoms with Crippen molar-refractivity contribution in [3.05, 3.63) is 23.4 Å². The summed E-state index contributed by atoms with van der Waals surface area (Å²) in [6.07, 6.45) is 4.34. The Morgan fingerprint density at radius 1 is 1.63 bits per heavy atom. The zero-order valence-corrected chi connectivity index (χ0v) is 12.5. The summed E-state index contributed by atoms with van der Waals surface area (Å²) in [6, 6.07) is 1.94. The van der Waals surface area contributed by atoms with Crippen LogP contribution in [-0.4, -0.2) is 41.6 Å². The number of piperidine rings is 1. The first-order valence-electron chi connectivity index (χ1n) is 6.75. The zero-order valence-electron chi connectivity index (χ0n) is 11.6. The first kappa shape index (κ1) is 14.2. The molecule has 4 nitrogen and oxygen atoms in total. The monoisotopic (exact) mass is 278 g/mol. The summed E-state index contributed by atoms with van der Waals surface area (Å²) >= 11 is 5.12. The van der Waals surface area contributed by atoms with Crippen LogP contribution in [0.25, 0.3) is 0 Å². The summed E-state index contributed by atoms with van der Waals surface area (Å²) in [7, 11) is 2.18. The van der Waals surface area contributed by atoms with E-state index in [9.17, 15) is 0 Å². The van der Waals surface area contributed by atoms with Crippen LogP contribution in [0.2, 0.25) is 0 Å². The van der Waals surface area contributed by atoms with Gasteiger partial charge in [0.1, 0.15) is 10.8 Å². The van der Waals surface area contributed by atoms with Crippen molar-refractivity contribution in [2.45, 2.75) is 19.8 Å². The molecule has 1 aromatic heterocycles. The normalized spacial score (nSPS) is 20.2. The SMILES string of the molecule is Cc1ccnc(NCC2CCCN(C)C2)c1C(N)=S. The molecule has 1 aliphatic rings. The fraction of sp³-hybridized carbons (Fsp3) is 0.571. The first-order valence-corrected chi connectivity index (χ1v) is 7.16. The highest BCUT2D eigenvalue weighted by molar-refractivity contribution is 7.80. The molecule has 3 N–H and O–H groups in total. The van der Waals surface area contributed by atoms with Gasteiger partial charge in [0.25, 0.3) is 0 Å². The molecular weight excluding hydrogens is 256 g/mol. The molecule has 1 saturated heterocycles. The minimum absolute atomic E-state index is 0.411. The lowest BCUT2D eigenvalue weighted by molar-refractivity contribution is 0.217. The Hall–Kier alpha value is -1.20. The molecule has 1 unspecified atom stereocenters. The summed E-state index contributed by atoms with van der Waals surface area (Å²) < 4.78 is 0. The van der Waals surface area contributed by atoms with Gasteiger partial charge in [-0.2, -0.15) is 0 Å². The molecule has 0 radical (unpaired) electrons. The summed E-state index contributed by atoms with van der Waals surface area (Å²) in [5, 5.41) is 3.42. The lowest BCUT2D eigenvalue weighted by atomic mass is 9.98. The van der Waals surface area contributed by atoms with Crippen molar-refractivity contribution < 1.29 is 0 Å². The highest BCUT2D eigenvalue weighted by Crippen LogP contribution is 2.19. The number of nitrogens with two attached hydrogens (primary N) is 1. The van der Waals surface area contributed by atoms with Crippen LogP contribution in [0, 0.1) is 12.8 Å². The predicted octanol–water partition coefficient (Wildman–Crippen LogP) is 1.78. The van der Waals surface area contributed by atoms with Gasteiger partial charge in [0.15, 0.2) is 0 Å². The first-order chi connectivity index (χ1) is 9.08. The molecule has 0 spiro atoms. The van der Waals surface area contributed by atoms with Gasteiger partial charge in [-0.25, -0.2) is 4.98 Å². The Kier molecular flexibility index (Phi) is 4.71. The van der Waals surface area contributed by atoms with Gasteiger partial charge < -0.3 is 16.0 Å². The van der Waals surface area contributed by atoms with Crippen molar-refractivity contribution in [2.24, 2.45) is 11.7 Å². The second-order valence-electron chi connectivity index (χ2n) is 5.37. The zero-order chi connectivity index (χ0) is 13.8. The van der Waals surface area contributed by atoms with Gasteiger partial charge in [-0.3, -0.25) is 0 Å². The average Bonchev–Trinajstić information content (AvgIpc) is 2.36. The number of likely N-dealkylation sites (tertiary alicyclic amines) is 1. The van der Waals surface area contributed by atoms with E-state index in [-0.39, 0.29) is 0 Å². The Morgan fingerprint density at radius 3 is 3.11 bits per heavy atom. The number of thiocarbonyl (C=S) groups is 1. The van der Waals surface area contributed by atoms with Gasteiger partial charge >= 0.3 is 0 Å². The van der Waals surface area contributed by atoms with Crippen LogP contribution >= 0.6 is 12.2 Å². The van der Waals surface area contributed by atoms with E-state index in [1.54, 1.807) is 6.20 Å². The maximum atomic E-state index is 5.79. The summed E-state index contributed by atoms with van der Waals surface area (Å²) in [5.74, 6) is 1.49. The van der Waals surface area contributed by atoms with E-state index in [4.69, 9.17) is 18.0 Å². The molecule has 5 heteroatoms. The van der Waals surface area contributed by atoms with Crippen LogP contribution in [0.4, 0.5) is 5.82 Å². The standard InChI is InChI=1S/C14H22N4S/c1-10-5-6-16-14(12(10)13(15)19)17-8-11-4-3-7-18(2)9-11/h5-6,11H,3-4,7-9H2,1-2H3,(H2,15,19)(H,16,17). The summed E-state index contributed by atoms with van der Waals surface area (Å²) in [6.45, 7) is 5.28. The van der Waals surface area contributed by atoms with Crippen molar-refractivity contribution in [1.29, 1.82) is 0 Å². The third-order valence-electron chi connectivity index (χ3n) is 3.69. The maximum absolute atomic E-state index is 5.79. The van der Waals surface area contributed by atoms with E-state index in [0.717, 1.165) is 30.0 Å². The number of anilines is 1. The van der Waals surface area contributed by atoms with Crippen LogP contribution in [-0.2, 0) is 0 Å². The Morgan fingerprint density at radius 2 is 2.42 bits per heavy atom. The third kappa shape index (κ3) is 3.64. The van der Waals surface area contributed by atoms with Crippen LogP contribution < -0.4 is 11.1 Å². The van der Waals surface area contributed by atoms with Crippen molar-refractivity contribution in [1.82, 2.24) is 9.88 Å². The summed E-state index contributed by atoms with van der Waals surface area (Å²) in [4.78, 5) is 7.17. The van der Waals surface area contributed by atoms with Crippen molar-refractivity contribution >= 4 is 23.0 Å². The minimum atomic E-state index is 0.411. The van der Waals surface area contributed by atoms with Crippen LogP contribution in [0.3, 0.4) is 0 Å². The highest BCUT2D eigenvalue weighted by atomic mass is 32.1.